The lowest BCUT2D eigenvalue weighted by atomic mass is 10.0. The fraction of sp³-hybridized carbons (Fsp3) is 0.312. The molecule has 1 saturated heterocycles. The standard InChI is InChI=1S/C16H16BrN3O2S/c1-10(21)18-16-19-13(9-23-16)15(22)20-8-2-3-14(20)11-4-6-12(17)7-5-11/h4-7,9,14H,2-3,8H2,1H3,(H,18,19,21)/t14-/m0/s1. The van der Waals surface area contributed by atoms with Crippen molar-refractivity contribution in [2.75, 3.05) is 11.9 Å². The van der Waals surface area contributed by atoms with E-state index in [9.17, 15) is 9.59 Å². The van der Waals surface area contributed by atoms with Crippen molar-refractivity contribution in [2.45, 2.75) is 25.8 Å². The fourth-order valence-corrected chi connectivity index (χ4v) is 3.76. The third-order valence-corrected chi connectivity index (χ3v) is 5.06. The van der Waals surface area contributed by atoms with Crippen molar-refractivity contribution in [3.8, 4) is 0 Å². The topological polar surface area (TPSA) is 62.3 Å². The Bertz CT molecular complexity index is 729. The normalized spacial score (nSPS) is 17.3. The first-order valence-corrected chi connectivity index (χ1v) is 9.01. The highest BCUT2D eigenvalue weighted by molar-refractivity contribution is 9.10. The molecule has 0 aliphatic carbocycles. The molecule has 2 amide bonds. The number of amides is 2. The zero-order chi connectivity index (χ0) is 16.4. The van der Waals surface area contributed by atoms with Crippen LogP contribution in [0.2, 0.25) is 0 Å². The monoisotopic (exact) mass is 393 g/mol. The smallest absolute Gasteiger partial charge is 0.273 e. The van der Waals surface area contributed by atoms with Crippen LogP contribution in [0.1, 0.15) is 41.9 Å². The molecule has 3 rings (SSSR count). The van der Waals surface area contributed by atoms with Crippen LogP contribution < -0.4 is 5.32 Å². The molecule has 0 bridgehead atoms. The van der Waals surface area contributed by atoms with Crippen molar-refractivity contribution in [1.29, 1.82) is 0 Å². The quantitative estimate of drug-likeness (QED) is 0.861. The van der Waals surface area contributed by atoms with Crippen LogP contribution in [0.5, 0.6) is 0 Å². The van der Waals surface area contributed by atoms with Crippen molar-refractivity contribution < 1.29 is 9.59 Å². The molecule has 1 aliphatic heterocycles. The highest BCUT2D eigenvalue weighted by Gasteiger charge is 2.31. The van der Waals surface area contributed by atoms with Gasteiger partial charge in [-0.1, -0.05) is 28.1 Å². The summed E-state index contributed by atoms with van der Waals surface area (Å²) in [7, 11) is 0. The number of rotatable bonds is 3. The molecule has 1 aromatic heterocycles. The summed E-state index contributed by atoms with van der Waals surface area (Å²) < 4.78 is 1.02. The van der Waals surface area contributed by atoms with Gasteiger partial charge in [0.05, 0.1) is 6.04 Å². The maximum Gasteiger partial charge on any atom is 0.273 e. The molecule has 0 saturated carbocycles. The lowest BCUT2D eigenvalue weighted by molar-refractivity contribution is -0.114. The van der Waals surface area contributed by atoms with Crippen LogP contribution in [0.3, 0.4) is 0 Å². The van der Waals surface area contributed by atoms with Gasteiger partial charge in [0.25, 0.3) is 5.91 Å². The number of nitrogens with zero attached hydrogens (tertiary/aromatic N) is 2. The maximum atomic E-state index is 12.7. The highest BCUT2D eigenvalue weighted by Crippen LogP contribution is 2.34. The van der Waals surface area contributed by atoms with Crippen molar-refractivity contribution in [1.82, 2.24) is 9.88 Å². The molecule has 2 heterocycles. The largest absolute Gasteiger partial charge is 0.330 e. The first-order valence-electron chi connectivity index (χ1n) is 7.34. The molecule has 0 spiro atoms. The van der Waals surface area contributed by atoms with Gasteiger partial charge >= 0.3 is 0 Å². The van der Waals surface area contributed by atoms with Gasteiger partial charge in [-0.05, 0) is 30.5 Å². The van der Waals surface area contributed by atoms with Crippen molar-refractivity contribution in [3.05, 3.63) is 45.4 Å². The predicted octanol–water partition coefficient (Wildman–Crippen LogP) is 3.84. The SMILES string of the molecule is CC(=O)Nc1nc(C(=O)N2CCC[C@H]2c2ccc(Br)cc2)cs1. The van der Waals surface area contributed by atoms with E-state index in [1.807, 2.05) is 29.2 Å². The van der Waals surface area contributed by atoms with Gasteiger partial charge in [0.2, 0.25) is 5.91 Å². The molecule has 0 radical (unpaired) electrons. The van der Waals surface area contributed by atoms with E-state index in [1.165, 1.54) is 18.3 Å². The summed E-state index contributed by atoms with van der Waals surface area (Å²) in [5.74, 6) is -0.268. The molecule has 5 nitrogen and oxygen atoms in total. The average Bonchev–Trinajstić information content (AvgIpc) is 3.16. The van der Waals surface area contributed by atoms with Gasteiger partial charge in [0, 0.05) is 23.3 Å². The Kier molecular flexibility index (Phi) is 4.77. The summed E-state index contributed by atoms with van der Waals surface area (Å²) in [6.07, 6.45) is 1.94. The van der Waals surface area contributed by atoms with Crippen LogP contribution in [0, 0.1) is 0 Å². The third kappa shape index (κ3) is 3.61. The van der Waals surface area contributed by atoms with Gasteiger partial charge < -0.3 is 10.2 Å². The number of benzene rings is 1. The van der Waals surface area contributed by atoms with Gasteiger partial charge in [0.1, 0.15) is 5.69 Å². The first-order chi connectivity index (χ1) is 11.0. The van der Waals surface area contributed by atoms with Gasteiger partial charge in [-0.25, -0.2) is 4.98 Å². The number of thiazole rings is 1. The molecule has 1 aromatic carbocycles. The molecule has 7 heteroatoms. The van der Waals surface area contributed by atoms with Gasteiger partial charge in [0.15, 0.2) is 5.13 Å². The summed E-state index contributed by atoms with van der Waals surface area (Å²) in [5, 5.41) is 4.77. The molecule has 1 aliphatic rings. The fourth-order valence-electron chi connectivity index (χ4n) is 2.77. The average molecular weight is 394 g/mol. The number of aromatic nitrogens is 1. The highest BCUT2D eigenvalue weighted by atomic mass is 79.9. The zero-order valence-electron chi connectivity index (χ0n) is 12.6. The Morgan fingerprint density at radius 3 is 2.78 bits per heavy atom. The number of carbonyl (C=O) groups is 2. The predicted molar refractivity (Wildman–Crippen MR) is 93.6 cm³/mol. The summed E-state index contributed by atoms with van der Waals surface area (Å²) in [5.41, 5.74) is 1.53. The third-order valence-electron chi connectivity index (χ3n) is 3.77. The van der Waals surface area contributed by atoms with E-state index in [-0.39, 0.29) is 17.9 Å². The number of likely N-dealkylation sites (tertiary alicyclic amines) is 1. The molecule has 0 unspecified atom stereocenters. The van der Waals surface area contributed by atoms with Gasteiger partial charge in [-0.15, -0.1) is 11.3 Å². The van der Waals surface area contributed by atoms with Crippen molar-refractivity contribution >= 4 is 44.2 Å². The van der Waals surface area contributed by atoms with E-state index in [0.29, 0.717) is 10.8 Å². The molecular weight excluding hydrogens is 378 g/mol. The van der Waals surface area contributed by atoms with Gasteiger partial charge in [-0.3, -0.25) is 9.59 Å². The van der Waals surface area contributed by atoms with Crippen LogP contribution in [0.15, 0.2) is 34.1 Å². The second-order valence-electron chi connectivity index (χ2n) is 5.43. The summed E-state index contributed by atoms with van der Waals surface area (Å²) in [6, 6.07) is 8.16. The number of hydrogen-bond acceptors (Lipinski definition) is 4. The Hall–Kier alpha value is -1.73. The minimum absolute atomic E-state index is 0.0803. The van der Waals surface area contributed by atoms with Crippen molar-refractivity contribution in [2.24, 2.45) is 0 Å². The molecule has 120 valence electrons. The maximum absolute atomic E-state index is 12.7. The molecular formula is C16H16BrN3O2S. The summed E-state index contributed by atoms with van der Waals surface area (Å²) in [6.45, 7) is 2.15. The number of carbonyl (C=O) groups excluding carboxylic acids is 2. The Morgan fingerprint density at radius 1 is 1.35 bits per heavy atom. The molecule has 2 aromatic rings. The van der Waals surface area contributed by atoms with Crippen LogP contribution in [0.4, 0.5) is 5.13 Å². The van der Waals surface area contributed by atoms with E-state index < -0.39 is 0 Å². The Balaban J connectivity index is 1.79. The van der Waals surface area contributed by atoms with Crippen LogP contribution >= 0.6 is 27.3 Å². The Morgan fingerprint density at radius 2 is 2.09 bits per heavy atom. The number of anilines is 1. The van der Waals surface area contributed by atoms with Crippen LogP contribution in [-0.2, 0) is 4.79 Å². The van der Waals surface area contributed by atoms with E-state index >= 15 is 0 Å². The lowest BCUT2D eigenvalue weighted by Crippen LogP contribution is -2.30. The summed E-state index contributed by atoms with van der Waals surface area (Å²) >= 11 is 4.70. The Labute approximate surface area is 146 Å². The first kappa shape index (κ1) is 16.1. The van der Waals surface area contributed by atoms with E-state index in [4.69, 9.17) is 0 Å². The van der Waals surface area contributed by atoms with E-state index in [0.717, 1.165) is 29.4 Å². The summed E-state index contributed by atoms with van der Waals surface area (Å²) in [4.78, 5) is 29.9. The molecule has 1 fully saturated rings. The lowest BCUT2D eigenvalue weighted by Gasteiger charge is -2.24. The van der Waals surface area contributed by atoms with E-state index in [1.54, 1.807) is 5.38 Å². The van der Waals surface area contributed by atoms with E-state index in [2.05, 4.69) is 26.2 Å². The zero-order valence-corrected chi connectivity index (χ0v) is 15.0. The minimum Gasteiger partial charge on any atom is -0.330 e. The van der Waals surface area contributed by atoms with Crippen LogP contribution in [0.25, 0.3) is 0 Å². The number of halogens is 1. The molecule has 23 heavy (non-hydrogen) atoms. The molecule has 1 N–H and O–H groups in total. The van der Waals surface area contributed by atoms with Crippen LogP contribution in [-0.4, -0.2) is 28.2 Å². The molecule has 1 atom stereocenters. The number of hydrogen-bond donors (Lipinski definition) is 1. The second kappa shape index (κ2) is 6.80. The second-order valence-corrected chi connectivity index (χ2v) is 7.20. The van der Waals surface area contributed by atoms with Gasteiger partial charge in [-0.2, -0.15) is 0 Å². The minimum atomic E-state index is -0.188. The van der Waals surface area contributed by atoms with Crippen molar-refractivity contribution in [3.63, 3.8) is 0 Å². The number of nitrogens with one attached hydrogen (secondary N) is 1.